The quantitative estimate of drug-likeness (QED) is 0.611. The van der Waals surface area contributed by atoms with Gasteiger partial charge in [0.1, 0.15) is 5.75 Å². The van der Waals surface area contributed by atoms with Crippen molar-refractivity contribution in [1.29, 1.82) is 0 Å². The van der Waals surface area contributed by atoms with Crippen LogP contribution in [-0.4, -0.2) is 30.9 Å². The zero-order valence-corrected chi connectivity index (χ0v) is 15.2. The first kappa shape index (κ1) is 20.0. The number of hydrogen-bond donors (Lipinski definition) is 3. The van der Waals surface area contributed by atoms with Gasteiger partial charge >= 0.3 is 0 Å². The number of aryl methyl sites for hydroxylation is 1. The normalized spacial score (nSPS) is 9.96. The molecule has 0 saturated carbocycles. The van der Waals surface area contributed by atoms with E-state index in [4.69, 9.17) is 4.74 Å². The maximum Gasteiger partial charge on any atom is 0.276 e. The first-order valence-electron chi connectivity index (χ1n) is 8.60. The molecule has 0 aliphatic heterocycles. The summed E-state index contributed by atoms with van der Waals surface area (Å²) in [5, 5.41) is 2.66. The number of carbonyl (C=O) groups is 3. The minimum absolute atomic E-state index is 0.0552. The average molecular weight is 369 g/mol. The van der Waals surface area contributed by atoms with Gasteiger partial charge in [0.15, 0.2) is 6.61 Å². The fraction of sp³-hybridized carbons (Fsp3) is 0.250. The Balaban J connectivity index is 1.56. The van der Waals surface area contributed by atoms with E-state index in [-0.39, 0.29) is 31.9 Å². The zero-order valence-electron chi connectivity index (χ0n) is 15.2. The van der Waals surface area contributed by atoms with Crippen LogP contribution in [0.3, 0.4) is 0 Å². The average Bonchev–Trinajstić information content (AvgIpc) is 2.66. The lowest BCUT2D eigenvalue weighted by atomic mass is 10.1. The molecular formula is C20H23N3O4. The molecule has 0 fully saturated rings. The minimum atomic E-state index is -0.475. The zero-order chi connectivity index (χ0) is 19.5. The summed E-state index contributed by atoms with van der Waals surface area (Å²) in [6, 6.07) is 16.6. The number of amides is 3. The predicted molar refractivity (Wildman–Crippen MR) is 101 cm³/mol. The molecule has 7 nitrogen and oxygen atoms in total. The Labute approximate surface area is 158 Å². The summed E-state index contributed by atoms with van der Waals surface area (Å²) in [6.07, 6.45) is 0.315. The maximum atomic E-state index is 11.8. The van der Waals surface area contributed by atoms with Gasteiger partial charge in [0.2, 0.25) is 11.8 Å². The van der Waals surface area contributed by atoms with Gasteiger partial charge in [0.05, 0.1) is 6.42 Å². The van der Waals surface area contributed by atoms with Crippen molar-refractivity contribution >= 4 is 17.7 Å². The van der Waals surface area contributed by atoms with Crippen molar-refractivity contribution in [3.8, 4) is 5.75 Å². The number of hydrazine groups is 1. The molecule has 2 aromatic rings. The van der Waals surface area contributed by atoms with Crippen LogP contribution in [0.2, 0.25) is 0 Å². The maximum absolute atomic E-state index is 11.8. The Bertz CT molecular complexity index is 761. The van der Waals surface area contributed by atoms with Crippen molar-refractivity contribution in [3.05, 3.63) is 65.7 Å². The third kappa shape index (κ3) is 8.04. The van der Waals surface area contributed by atoms with Gasteiger partial charge in [-0.25, -0.2) is 0 Å². The first-order chi connectivity index (χ1) is 13.0. The molecule has 142 valence electrons. The van der Waals surface area contributed by atoms with Crippen LogP contribution in [0.4, 0.5) is 0 Å². The van der Waals surface area contributed by atoms with Gasteiger partial charge in [-0.05, 0) is 24.6 Å². The van der Waals surface area contributed by atoms with Crippen LogP contribution >= 0.6 is 0 Å². The first-order valence-corrected chi connectivity index (χ1v) is 8.60. The highest BCUT2D eigenvalue weighted by atomic mass is 16.5. The number of rotatable bonds is 8. The molecule has 0 aromatic heterocycles. The van der Waals surface area contributed by atoms with Gasteiger partial charge in [-0.2, -0.15) is 0 Å². The molecule has 0 unspecified atom stereocenters. The monoisotopic (exact) mass is 369 g/mol. The van der Waals surface area contributed by atoms with E-state index in [1.165, 1.54) is 0 Å². The second kappa shape index (κ2) is 10.6. The van der Waals surface area contributed by atoms with E-state index < -0.39 is 11.8 Å². The van der Waals surface area contributed by atoms with Crippen molar-refractivity contribution in [2.45, 2.75) is 19.8 Å². The van der Waals surface area contributed by atoms with Crippen LogP contribution in [0.15, 0.2) is 54.6 Å². The SMILES string of the molecule is Cc1ccc(OCC(=O)NNC(=O)CCNC(=O)Cc2ccccc2)cc1. The van der Waals surface area contributed by atoms with E-state index in [1.54, 1.807) is 12.1 Å². The largest absolute Gasteiger partial charge is 0.484 e. The third-order valence-electron chi connectivity index (χ3n) is 3.61. The Morgan fingerprint density at radius 1 is 0.852 bits per heavy atom. The molecule has 0 radical (unpaired) electrons. The van der Waals surface area contributed by atoms with Crippen LogP contribution in [0.25, 0.3) is 0 Å². The summed E-state index contributed by atoms with van der Waals surface area (Å²) in [5.41, 5.74) is 6.54. The number of nitrogens with one attached hydrogen (secondary N) is 3. The summed E-state index contributed by atoms with van der Waals surface area (Å²) < 4.78 is 5.30. The van der Waals surface area contributed by atoms with Gasteiger partial charge in [-0.1, -0.05) is 48.0 Å². The van der Waals surface area contributed by atoms with Crippen molar-refractivity contribution in [2.75, 3.05) is 13.2 Å². The molecule has 3 amide bonds. The van der Waals surface area contributed by atoms with Gasteiger partial charge in [0.25, 0.3) is 5.91 Å². The molecule has 7 heteroatoms. The molecule has 27 heavy (non-hydrogen) atoms. The molecule has 2 rings (SSSR count). The van der Waals surface area contributed by atoms with E-state index in [0.29, 0.717) is 5.75 Å². The number of ether oxygens (including phenoxy) is 1. The highest BCUT2D eigenvalue weighted by Crippen LogP contribution is 2.10. The molecule has 0 aliphatic carbocycles. The lowest BCUT2D eigenvalue weighted by Gasteiger charge is -2.09. The third-order valence-corrected chi connectivity index (χ3v) is 3.61. The van der Waals surface area contributed by atoms with E-state index in [2.05, 4.69) is 16.2 Å². The summed E-state index contributed by atoms with van der Waals surface area (Å²) in [7, 11) is 0. The number of benzene rings is 2. The Kier molecular flexibility index (Phi) is 7.84. The smallest absolute Gasteiger partial charge is 0.276 e. The van der Waals surface area contributed by atoms with Gasteiger partial charge in [0, 0.05) is 13.0 Å². The van der Waals surface area contributed by atoms with Crippen molar-refractivity contribution in [2.24, 2.45) is 0 Å². The van der Waals surface area contributed by atoms with E-state index in [9.17, 15) is 14.4 Å². The highest BCUT2D eigenvalue weighted by molar-refractivity contribution is 5.83. The molecule has 2 aromatic carbocycles. The molecule has 0 saturated heterocycles. The van der Waals surface area contributed by atoms with Gasteiger partial charge < -0.3 is 10.1 Å². The summed E-state index contributed by atoms with van der Waals surface area (Å²) in [5.74, 6) is -0.469. The summed E-state index contributed by atoms with van der Waals surface area (Å²) >= 11 is 0. The standard InChI is InChI=1S/C20H23N3O4/c1-15-7-9-17(10-8-15)27-14-20(26)23-22-18(24)11-12-21-19(25)13-16-5-3-2-4-6-16/h2-10H,11-14H2,1H3,(H,21,25)(H,22,24)(H,23,26). The molecule has 0 spiro atoms. The molecule has 0 aliphatic rings. The van der Waals surface area contributed by atoms with Gasteiger partial charge in [-0.3, -0.25) is 25.2 Å². The van der Waals surface area contributed by atoms with Crippen LogP contribution in [0.5, 0.6) is 5.75 Å². The second-order valence-corrected chi connectivity index (χ2v) is 5.96. The van der Waals surface area contributed by atoms with Gasteiger partial charge in [-0.15, -0.1) is 0 Å². The molecule has 0 heterocycles. The topological polar surface area (TPSA) is 96.5 Å². The second-order valence-electron chi connectivity index (χ2n) is 5.96. The van der Waals surface area contributed by atoms with Crippen LogP contribution in [0, 0.1) is 6.92 Å². The lowest BCUT2D eigenvalue weighted by Crippen LogP contribution is -2.44. The number of hydrogen-bond acceptors (Lipinski definition) is 4. The Hall–Kier alpha value is -3.35. The lowest BCUT2D eigenvalue weighted by molar-refractivity contribution is -0.130. The molecule has 3 N–H and O–H groups in total. The van der Waals surface area contributed by atoms with Crippen LogP contribution < -0.4 is 20.9 Å². The Morgan fingerprint density at radius 3 is 2.22 bits per heavy atom. The fourth-order valence-electron chi connectivity index (χ4n) is 2.18. The van der Waals surface area contributed by atoms with E-state index >= 15 is 0 Å². The minimum Gasteiger partial charge on any atom is -0.484 e. The van der Waals surface area contributed by atoms with E-state index in [1.807, 2.05) is 49.4 Å². The summed E-state index contributed by atoms with van der Waals surface area (Å²) in [4.78, 5) is 35.1. The van der Waals surface area contributed by atoms with Crippen molar-refractivity contribution < 1.29 is 19.1 Å². The van der Waals surface area contributed by atoms with Crippen molar-refractivity contribution in [3.63, 3.8) is 0 Å². The van der Waals surface area contributed by atoms with Crippen LogP contribution in [0.1, 0.15) is 17.5 Å². The fourth-order valence-corrected chi connectivity index (χ4v) is 2.18. The Morgan fingerprint density at radius 2 is 1.52 bits per heavy atom. The molecule has 0 bridgehead atoms. The van der Waals surface area contributed by atoms with Crippen LogP contribution in [-0.2, 0) is 20.8 Å². The van der Waals surface area contributed by atoms with E-state index in [0.717, 1.165) is 11.1 Å². The number of carbonyl (C=O) groups excluding carboxylic acids is 3. The van der Waals surface area contributed by atoms with Crippen molar-refractivity contribution in [1.82, 2.24) is 16.2 Å². The highest BCUT2D eigenvalue weighted by Gasteiger charge is 2.07. The molecular weight excluding hydrogens is 346 g/mol. The predicted octanol–water partition coefficient (Wildman–Crippen LogP) is 1.27. The molecule has 0 atom stereocenters. The summed E-state index contributed by atoms with van der Waals surface area (Å²) in [6.45, 7) is 1.93.